The van der Waals surface area contributed by atoms with Gasteiger partial charge in [-0.25, -0.2) is 0 Å². The summed E-state index contributed by atoms with van der Waals surface area (Å²) >= 11 is 3.51. The number of halogens is 1. The summed E-state index contributed by atoms with van der Waals surface area (Å²) < 4.78 is 1.06. The molecule has 1 aromatic carbocycles. The molecule has 0 saturated carbocycles. The number of benzene rings is 1. The van der Waals surface area contributed by atoms with Crippen molar-refractivity contribution in [3.05, 3.63) is 34.3 Å². The Hall–Kier alpha value is -0.870. The van der Waals surface area contributed by atoms with Crippen LogP contribution >= 0.6 is 15.9 Å². The number of carbonyl (C=O) groups excluding carboxylic acids is 1. The van der Waals surface area contributed by atoms with Crippen LogP contribution < -0.4 is 10.6 Å². The first-order chi connectivity index (χ1) is 8.15. The van der Waals surface area contributed by atoms with E-state index in [1.165, 1.54) is 0 Å². The van der Waals surface area contributed by atoms with Gasteiger partial charge in [-0.3, -0.25) is 4.79 Å². The summed E-state index contributed by atoms with van der Waals surface area (Å²) in [6.45, 7) is 5.18. The molecule has 0 aromatic heterocycles. The van der Waals surface area contributed by atoms with Gasteiger partial charge in [0, 0.05) is 17.1 Å². The van der Waals surface area contributed by atoms with Crippen molar-refractivity contribution in [3.63, 3.8) is 0 Å². The predicted octanol–water partition coefficient (Wildman–Crippen LogP) is 2.63. The first-order valence-corrected chi connectivity index (χ1v) is 6.69. The van der Waals surface area contributed by atoms with Crippen LogP contribution in [0.4, 0.5) is 0 Å². The van der Waals surface area contributed by atoms with Crippen molar-refractivity contribution in [2.75, 3.05) is 13.1 Å². The van der Waals surface area contributed by atoms with E-state index in [2.05, 4.69) is 26.6 Å². The fourth-order valence-corrected chi connectivity index (χ4v) is 2.14. The fourth-order valence-electron chi connectivity index (χ4n) is 1.51. The molecule has 2 N–H and O–H groups in total. The van der Waals surface area contributed by atoms with Gasteiger partial charge in [-0.2, -0.15) is 0 Å². The zero-order chi connectivity index (χ0) is 12.7. The lowest BCUT2D eigenvalue weighted by Gasteiger charge is -2.15. The Labute approximate surface area is 111 Å². The van der Waals surface area contributed by atoms with Crippen LogP contribution in [0, 0.1) is 0 Å². The van der Waals surface area contributed by atoms with E-state index in [0.717, 1.165) is 23.0 Å². The molecular weight excluding hydrogens is 280 g/mol. The zero-order valence-electron chi connectivity index (χ0n) is 10.3. The molecule has 0 fully saturated rings. The summed E-state index contributed by atoms with van der Waals surface area (Å²) in [7, 11) is 0. The minimum Gasteiger partial charge on any atom is -0.355 e. The van der Waals surface area contributed by atoms with Gasteiger partial charge in [0.2, 0.25) is 5.91 Å². The molecule has 0 unspecified atom stereocenters. The number of hydrogen-bond donors (Lipinski definition) is 2. The molecule has 0 bridgehead atoms. The maximum absolute atomic E-state index is 11.4. The van der Waals surface area contributed by atoms with Crippen LogP contribution in [-0.4, -0.2) is 19.0 Å². The van der Waals surface area contributed by atoms with Crippen molar-refractivity contribution in [3.8, 4) is 0 Å². The Bertz CT molecular complexity index is 368. The van der Waals surface area contributed by atoms with E-state index in [4.69, 9.17) is 0 Å². The fraction of sp³-hybridized carbons (Fsp3) is 0.462. The van der Waals surface area contributed by atoms with Crippen molar-refractivity contribution in [1.82, 2.24) is 10.6 Å². The minimum absolute atomic E-state index is 0.0470. The highest BCUT2D eigenvalue weighted by molar-refractivity contribution is 9.10. The van der Waals surface area contributed by atoms with Crippen molar-refractivity contribution < 1.29 is 4.79 Å². The van der Waals surface area contributed by atoms with Gasteiger partial charge in [0.05, 0.1) is 6.54 Å². The normalized spacial score (nSPS) is 12.2. The lowest BCUT2D eigenvalue weighted by Crippen LogP contribution is -2.35. The second-order valence-corrected chi connectivity index (χ2v) is 4.83. The molecule has 0 saturated heterocycles. The third kappa shape index (κ3) is 4.88. The van der Waals surface area contributed by atoms with Gasteiger partial charge in [0.15, 0.2) is 0 Å². The largest absolute Gasteiger partial charge is 0.355 e. The summed E-state index contributed by atoms with van der Waals surface area (Å²) in [4.78, 5) is 11.4. The van der Waals surface area contributed by atoms with E-state index in [1.54, 1.807) is 0 Å². The van der Waals surface area contributed by atoms with E-state index < -0.39 is 0 Å². The van der Waals surface area contributed by atoms with Crippen LogP contribution in [0.3, 0.4) is 0 Å². The minimum atomic E-state index is 0.0470. The van der Waals surface area contributed by atoms with Gasteiger partial charge in [0.25, 0.3) is 0 Å². The molecule has 17 heavy (non-hydrogen) atoms. The van der Waals surface area contributed by atoms with Crippen LogP contribution in [0.25, 0.3) is 0 Å². The topological polar surface area (TPSA) is 41.1 Å². The van der Waals surface area contributed by atoms with E-state index >= 15 is 0 Å². The highest BCUT2D eigenvalue weighted by Crippen LogP contribution is 2.22. The average molecular weight is 299 g/mol. The Morgan fingerprint density at radius 3 is 2.76 bits per heavy atom. The number of hydrogen-bond acceptors (Lipinski definition) is 2. The standard InChI is InChI=1S/C13H19BrN2O/c1-3-8-15-13(17)9-16-10(2)11-6-4-5-7-12(11)14/h4-7,10,16H,3,8-9H2,1-2H3,(H,15,17)/t10-/m0/s1. The van der Waals surface area contributed by atoms with E-state index in [9.17, 15) is 4.79 Å². The van der Waals surface area contributed by atoms with Crippen LogP contribution in [0.15, 0.2) is 28.7 Å². The average Bonchev–Trinajstić information content (AvgIpc) is 2.34. The molecule has 94 valence electrons. The van der Waals surface area contributed by atoms with Gasteiger partial charge >= 0.3 is 0 Å². The maximum Gasteiger partial charge on any atom is 0.233 e. The van der Waals surface area contributed by atoms with Gasteiger partial charge in [0.1, 0.15) is 0 Å². The quantitative estimate of drug-likeness (QED) is 0.848. The van der Waals surface area contributed by atoms with Crippen molar-refractivity contribution in [2.24, 2.45) is 0 Å². The van der Waals surface area contributed by atoms with Gasteiger partial charge < -0.3 is 10.6 Å². The molecule has 0 aliphatic carbocycles. The summed E-state index contributed by atoms with van der Waals surface area (Å²) in [6.07, 6.45) is 0.964. The maximum atomic E-state index is 11.4. The molecule has 0 aliphatic heterocycles. The van der Waals surface area contributed by atoms with Gasteiger partial charge in [-0.15, -0.1) is 0 Å². The lowest BCUT2D eigenvalue weighted by molar-refractivity contribution is -0.120. The number of carbonyl (C=O) groups is 1. The SMILES string of the molecule is CCCNC(=O)CN[C@@H](C)c1ccccc1Br. The molecule has 1 amide bonds. The second kappa shape index (κ2) is 7.45. The van der Waals surface area contributed by atoms with Crippen LogP contribution in [0.1, 0.15) is 31.9 Å². The molecule has 0 spiro atoms. The number of rotatable bonds is 6. The molecule has 0 radical (unpaired) electrons. The second-order valence-electron chi connectivity index (χ2n) is 3.97. The predicted molar refractivity (Wildman–Crippen MR) is 73.9 cm³/mol. The summed E-state index contributed by atoms with van der Waals surface area (Å²) in [5.74, 6) is 0.0470. The van der Waals surface area contributed by atoms with E-state index in [1.807, 2.05) is 38.1 Å². The molecule has 0 aliphatic rings. The smallest absolute Gasteiger partial charge is 0.233 e. The Kier molecular flexibility index (Phi) is 6.22. The van der Waals surface area contributed by atoms with Crippen molar-refractivity contribution >= 4 is 21.8 Å². The molecule has 1 rings (SSSR count). The Morgan fingerprint density at radius 1 is 1.41 bits per heavy atom. The number of nitrogens with one attached hydrogen (secondary N) is 2. The van der Waals surface area contributed by atoms with E-state index in [-0.39, 0.29) is 11.9 Å². The van der Waals surface area contributed by atoms with Crippen molar-refractivity contribution in [2.45, 2.75) is 26.3 Å². The molecule has 1 aromatic rings. The molecule has 4 heteroatoms. The summed E-state index contributed by atoms with van der Waals surface area (Å²) in [5, 5.41) is 6.05. The number of amides is 1. The summed E-state index contributed by atoms with van der Waals surface area (Å²) in [6, 6.07) is 8.18. The molecule has 1 atom stereocenters. The lowest BCUT2D eigenvalue weighted by atomic mass is 10.1. The van der Waals surface area contributed by atoms with E-state index in [0.29, 0.717) is 6.54 Å². The Balaban J connectivity index is 2.42. The third-order valence-corrected chi connectivity index (χ3v) is 3.23. The van der Waals surface area contributed by atoms with Crippen LogP contribution in [0.2, 0.25) is 0 Å². The first-order valence-electron chi connectivity index (χ1n) is 5.89. The van der Waals surface area contributed by atoms with Crippen LogP contribution in [0.5, 0.6) is 0 Å². The highest BCUT2D eigenvalue weighted by atomic mass is 79.9. The summed E-state index contributed by atoms with van der Waals surface area (Å²) in [5.41, 5.74) is 1.16. The van der Waals surface area contributed by atoms with Gasteiger partial charge in [-0.05, 0) is 25.0 Å². The van der Waals surface area contributed by atoms with Crippen molar-refractivity contribution in [1.29, 1.82) is 0 Å². The molecular formula is C13H19BrN2O. The highest BCUT2D eigenvalue weighted by Gasteiger charge is 2.09. The molecule has 3 nitrogen and oxygen atoms in total. The van der Waals surface area contributed by atoms with Crippen LogP contribution in [-0.2, 0) is 4.79 Å². The monoisotopic (exact) mass is 298 g/mol. The Morgan fingerprint density at radius 2 is 2.12 bits per heavy atom. The van der Waals surface area contributed by atoms with Gasteiger partial charge in [-0.1, -0.05) is 41.1 Å². The first kappa shape index (κ1) is 14.2. The molecule has 0 heterocycles. The zero-order valence-corrected chi connectivity index (χ0v) is 11.9. The third-order valence-electron chi connectivity index (χ3n) is 2.51.